The van der Waals surface area contributed by atoms with Gasteiger partial charge in [-0.25, -0.2) is 4.98 Å². The lowest BCUT2D eigenvalue weighted by Crippen LogP contribution is -2.36. The first-order chi connectivity index (χ1) is 10.4. The van der Waals surface area contributed by atoms with E-state index in [2.05, 4.69) is 15.1 Å². The quantitative estimate of drug-likeness (QED) is 0.892. The molecule has 6 heteroatoms. The number of nitrogens with zero attached hydrogens (tertiary/aromatic N) is 3. The maximum absolute atomic E-state index is 5.42. The van der Waals surface area contributed by atoms with Crippen molar-refractivity contribution in [2.75, 3.05) is 46.6 Å². The molecule has 0 bridgehead atoms. The Morgan fingerprint density at radius 3 is 2.95 bits per heavy atom. The summed E-state index contributed by atoms with van der Waals surface area (Å²) in [7, 11) is 1.76. The Morgan fingerprint density at radius 2 is 2.14 bits per heavy atom. The predicted molar refractivity (Wildman–Crippen MR) is 79.5 cm³/mol. The van der Waals surface area contributed by atoms with Crippen LogP contribution in [0.4, 0.5) is 0 Å². The van der Waals surface area contributed by atoms with Gasteiger partial charge in [0, 0.05) is 45.2 Å². The molecule has 1 N–H and O–H groups in total. The van der Waals surface area contributed by atoms with Gasteiger partial charge in [0.25, 0.3) is 0 Å². The largest absolute Gasteiger partial charge is 0.383 e. The number of aromatic nitrogens is 3. The van der Waals surface area contributed by atoms with Gasteiger partial charge in [0.2, 0.25) is 0 Å². The summed E-state index contributed by atoms with van der Waals surface area (Å²) in [5.41, 5.74) is 0. The van der Waals surface area contributed by atoms with Gasteiger partial charge in [-0.2, -0.15) is 5.10 Å². The molecule has 0 aliphatic carbocycles. The minimum absolute atomic E-state index is 0.459. The number of likely N-dealkylation sites (tertiary alicyclic amines) is 1. The first-order valence-corrected chi connectivity index (χ1v) is 8.08. The molecule has 0 amide bonds. The summed E-state index contributed by atoms with van der Waals surface area (Å²) in [4.78, 5) is 7.25. The Bertz CT molecular complexity index is 431. The van der Waals surface area contributed by atoms with Gasteiger partial charge in [-0.3, -0.25) is 5.10 Å². The molecule has 1 aromatic heterocycles. The molecule has 3 heterocycles. The number of rotatable bonds is 5. The molecule has 118 valence electrons. The van der Waals surface area contributed by atoms with E-state index >= 15 is 0 Å². The van der Waals surface area contributed by atoms with Crippen molar-refractivity contribution in [3.8, 4) is 0 Å². The molecule has 6 nitrogen and oxygen atoms in total. The van der Waals surface area contributed by atoms with Crippen LogP contribution in [0, 0.1) is 0 Å². The van der Waals surface area contributed by atoms with Crippen molar-refractivity contribution in [2.24, 2.45) is 0 Å². The fourth-order valence-corrected chi connectivity index (χ4v) is 3.31. The summed E-state index contributed by atoms with van der Waals surface area (Å²) in [5, 5.41) is 7.67. The number of hydrogen-bond donors (Lipinski definition) is 1. The molecule has 21 heavy (non-hydrogen) atoms. The summed E-state index contributed by atoms with van der Waals surface area (Å²) >= 11 is 0. The highest BCUT2D eigenvalue weighted by Crippen LogP contribution is 2.28. The van der Waals surface area contributed by atoms with Gasteiger partial charge < -0.3 is 14.4 Å². The molecule has 2 fully saturated rings. The smallest absolute Gasteiger partial charge is 0.155 e. The van der Waals surface area contributed by atoms with Crippen molar-refractivity contribution >= 4 is 0 Å². The van der Waals surface area contributed by atoms with E-state index in [4.69, 9.17) is 14.5 Å². The van der Waals surface area contributed by atoms with E-state index in [1.807, 2.05) is 0 Å². The van der Waals surface area contributed by atoms with Gasteiger partial charge >= 0.3 is 0 Å². The van der Waals surface area contributed by atoms with Crippen LogP contribution in [-0.2, 0) is 9.47 Å². The lowest BCUT2D eigenvalue weighted by molar-refractivity contribution is 0.0836. The van der Waals surface area contributed by atoms with Crippen molar-refractivity contribution in [1.82, 2.24) is 20.1 Å². The molecule has 2 aliphatic heterocycles. The summed E-state index contributed by atoms with van der Waals surface area (Å²) in [5.74, 6) is 3.01. The third-order valence-corrected chi connectivity index (χ3v) is 4.61. The number of hydrogen-bond acceptors (Lipinski definition) is 5. The van der Waals surface area contributed by atoms with Gasteiger partial charge in [-0.15, -0.1) is 0 Å². The third-order valence-electron chi connectivity index (χ3n) is 4.61. The maximum Gasteiger partial charge on any atom is 0.155 e. The Labute approximate surface area is 126 Å². The highest BCUT2D eigenvalue weighted by Gasteiger charge is 2.26. The van der Waals surface area contributed by atoms with E-state index in [0.29, 0.717) is 11.8 Å². The maximum atomic E-state index is 5.42. The SMILES string of the molecule is COCCN1CCC[C@H](c2n[nH]c(C3CCOCC3)n2)C1. The van der Waals surface area contributed by atoms with Crippen molar-refractivity contribution in [2.45, 2.75) is 37.5 Å². The Hall–Kier alpha value is -0.980. The van der Waals surface area contributed by atoms with Gasteiger partial charge in [-0.05, 0) is 32.2 Å². The van der Waals surface area contributed by atoms with Crippen LogP contribution in [0.3, 0.4) is 0 Å². The van der Waals surface area contributed by atoms with E-state index in [0.717, 1.165) is 63.9 Å². The van der Waals surface area contributed by atoms with Crippen LogP contribution in [0.2, 0.25) is 0 Å². The first-order valence-electron chi connectivity index (χ1n) is 8.08. The molecule has 0 radical (unpaired) electrons. The second-order valence-electron chi connectivity index (χ2n) is 6.10. The van der Waals surface area contributed by atoms with Crippen LogP contribution < -0.4 is 0 Å². The molecule has 1 atom stereocenters. The second-order valence-corrected chi connectivity index (χ2v) is 6.10. The summed E-state index contributed by atoms with van der Waals surface area (Å²) < 4.78 is 10.6. The third kappa shape index (κ3) is 3.81. The monoisotopic (exact) mass is 294 g/mol. The molecule has 3 rings (SSSR count). The number of ether oxygens (including phenoxy) is 2. The lowest BCUT2D eigenvalue weighted by atomic mass is 9.97. The minimum Gasteiger partial charge on any atom is -0.383 e. The van der Waals surface area contributed by atoms with Crippen LogP contribution >= 0.6 is 0 Å². The zero-order chi connectivity index (χ0) is 14.5. The normalized spacial score (nSPS) is 25.3. The molecule has 2 aliphatic rings. The highest BCUT2D eigenvalue weighted by molar-refractivity contribution is 5.04. The summed E-state index contributed by atoms with van der Waals surface area (Å²) in [6.45, 7) is 5.70. The number of H-pyrrole nitrogens is 1. The molecular formula is C15H26N4O2. The molecule has 2 saturated heterocycles. The Kier molecular flexibility index (Phi) is 5.22. The zero-order valence-corrected chi connectivity index (χ0v) is 12.9. The van der Waals surface area contributed by atoms with Crippen molar-refractivity contribution in [3.05, 3.63) is 11.6 Å². The molecule has 0 unspecified atom stereocenters. The average Bonchev–Trinajstić information content (AvgIpc) is 3.04. The van der Waals surface area contributed by atoms with Crippen molar-refractivity contribution in [1.29, 1.82) is 0 Å². The molecular weight excluding hydrogens is 268 g/mol. The van der Waals surface area contributed by atoms with E-state index in [9.17, 15) is 0 Å². The first kappa shape index (κ1) is 14.9. The standard InChI is InChI=1S/C15H26N4O2/c1-20-10-7-19-6-2-3-13(11-19)15-16-14(17-18-15)12-4-8-21-9-5-12/h12-13H,2-11H2,1H3,(H,16,17,18)/t13-/m0/s1. The Morgan fingerprint density at radius 1 is 1.29 bits per heavy atom. The molecule has 0 aromatic carbocycles. The minimum atomic E-state index is 0.459. The molecule has 0 saturated carbocycles. The number of methoxy groups -OCH3 is 1. The van der Waals surface area contributed by atoms with Crippen LogP contribution in [0.5, 0.6) is 0 Å². The van der Waals surface area contributed by atoms with E-state index < -0.39 is 0 Å². The fraction of sp³-hybridized carbons (Fsp3) is 0.867. The van der Waals surface area contributed by atoms with Crippen molar-refractivity contribution < 1.29 is 9.47 Å². The van der Waals surface area contributed by atoms with Crippen LogP contribution in [-0.4, -0.2) is 66.6 Å². The zero-order valence-electron chi connectivity index (χ0n) is 12.9. The second kappa shape index (κ2) is 7.33. The molecule has 1 aromatic rings. The van der Waals surface area contributed by atoms with Gasteiger partial charge in [0.15, 0.2) is 5.82 Å². The van der Waals surface area contributed by atoms with E-state index in [-0.39, 0.29) is 0 Å². The van der Waals surface area contributed by atoms with Crippen LogP contribution in [0.25, 0.3) is 0 Å². The number of nitrogens with one attached hydrogen (secondary N) is 1. The lowest BCUT2D eigenvalue weighted by Gasteiger charge is -2.31. The average molecular weight is 294 g/mol. The van der Waals surface area contributed by atoms with Crippen molar-refractivity contribution in [3.63, 3.8) is 0 Å². The summed E-state index contributed by atoms with van der Waals surface area (Å²) in [6, 6.07) is 0. The fourth-order valence-electron chi connectivity index (χ4n) is 3.31. The topological polar surface area (TPSA) is 63.3 Å². The van der Waals surface area contributed by atoms with Crippen LogP contribution in [0.1, 0.15) is 49.2 Å². The van der Waals surface area contributed by atoms with E-state index in [1.165, 1.54) is 12.8 Å². The van der Waals surface area contributed by atoms with Gasteiger partial charge in [0.1, 0.15) is 5.82 Å². The highest BCUT2D eigenvalue weighted by atomic mass is 16.5. The van der Waals surface area contributed by atoms with Crippen LogP contribution in [0.15, 0.2) is 0 Å². The van der Waals surface area contributed by atoms with Gasteiger partial charge in [0.05, 0.1) is 6.61 Å². The molecule has 0 spiro atoms. The summed E-state index contributed by atoms with van der Waals surface area (Å²) in [6.07, 6.45) is 4.52. The predicted octanol–water partition coefficient (Wildman–Crippen LogP) is 1.52. The van der Waals surface area contributed by atoms with E-state index in [1.54, 1.807) is 7.11 Å². The number of piperidine rings is 1. The van der Waals surface area contributed by atoms with Gasteiger partial charge in [-0.1, -0.05) is 0 Å². The Balaban J connectivity index is 1.59. The number of aromatic amines is 1.